The monoisotopic (exact) mass is 437 g/mol. The van der Waals surface area contributed by atoms with Gasteiger partial charge in [0.1, 0.15) is 10.7 Å². The fourth-order valence-electron chi connectivity index (χ4n) is 4.18. The number of piperazine rings is 1. The van der Waals surface area contributed by atoms with Crippen LogP contribution in [0.4, 0.5) is 27.5 Å². The quantitative estimate of drug-likeness (QED) is 0.672. The van der Waals surface area contributed by atoms with Gasteiger partial charge in [0.2, 0.25) is 5.95 Å². The first-order valence-electron chi connectivity index (χ1n) is 10.5. The third-order valence-electron chi connectivity index (χ3n) is 5.78. The zero-order valence-electron chi connectivity index (χ0n) is 17.3. The molecule has 1 N–H and O–H groups in total. The normalized spacial score (nSPS) is 18.2. The molecule has 1 atom stereocenters. The Morgan fingerprint density at radius 1 is 1.00 bits per heavy atom. The molecule has 2 aromatic carbocycles. The number of para-hydroxylation sites is 1. The van der Waals surface area contributed by atoms with Crippen LogP contribution in [0, 0.1) is 12.7 Å². The molecular formula is C23H24FN5OS. The van der Waals surface area contributed by atoms with Gasteiger partial charge in [-0.1, -0.05) is 24.3 Å². The average Bonchev–Trinajstić information content (AvgIpc) is 3.15. The molecule has 3 aromatic rings. The van der Waals surface area contributed by atoms with Gasteiger partial charge in [0, 0.05) is 49.7 Å². The van der Waals surface area contributed by atoms with Crippen LogP contribution in [0.5, 0.6) is 0 Å². The zero-order valence-corrected chi connectivity index (χ0v) is 18.2. The molecule has 0 radical (unpaired) electrons. The van der Waals surface area contributed by atoms with Crippen molar-refractivity contribution in [3.05, 3.63) is 65.6 Å². The van der Waals surface area contributed by atoms with Gasteiger partial charge >= 0.3 is 0 Å². The fourth-order valence-corrected chi connectivity index (χ4v) is 5.48. The predicted molar refractivity (Wildman–Crippen MR) is 122 cm³/mol. The van der Waals surface area contributed by atoms with Crippen molar-refractivity contribution in [2.24, 2.45) is 0 Å². The Kier molecular flexibility index (Phi) is 5.31. The summed E-state index contributed by atoms with van der Waals surface area (Å²) in [6.07, 6.45) is 0.665. The molecule has 0 aliphatic carbocycles. The van der Waals surface area contributed by atoms with Gasteiger partial charge in [-0.05, 0) is 36.8 Å². The fraction of sp³-hybridized carbons (Fsp3) is 0.304. The summed E-state index contributed by atoms with van der Waals surface area (Å²) in [6.45, 7) is 5.49. The third kappa shape index (κ3) is 3.99. The van der Waals surface area contributed by atoms with E-state index < -0.39 is 10.8 Å². The number of halogens is 1. The van der Waals surface area contributed by atoms with E-state index in [1.807, 2.05) is 0 Å². The second kappa shape index (κ2) is 8.26. The Labute approximate surface area is 183 Å². The summed E-state index contributed by atoms with van der Waals surface area (Å²) >= 11 is 0. The van der Waals surface area contributed by atoms with Crippen molar-refractivity contribution in [1.29, 1.82) is 0 Å². The van der Waals surface area contributed by atoms with E-state index in [0.717, 1.165) is 31.9 Å². The molecule has 3 heterocycles. The molecule has 1 fully saturated rings. The van der Waals surface area contributed by atoms with Crippen LogP contribution in [0.15, 0.2) is 53.4 Å². The van der Waals surface area contributed by atoms with Crippen molar-refractivity contribution in [3.63, 3.8) is 0 Å². The standard InChI is InChI=1S/C23H24FN5OS/c1-16-5-2-3-8-20(16)28-10-12-29(13-11-28)23-26-19-9-14-31(30)21(19)22(27-23)25-18-7-4-6-17(24)15-18/h2-8,15H,9-14H2,1H3,(H,25,26,27). The summed E-state index contributed by atoms with van der Waals surface area (Å²) in [6, 6.07) is 14.6. The van der Waals surface area contributed by atoms with E-state index in [1.165, 1.54) is 23.4 Å². The Balaban J connectivity index is 1.40. The van der Waals surface area contributed by atoms with Gasteiger partial charge in [0.25, 0.3) is 0 Å². The summed E-state index contributed by atoms with van der Waals surface area (Å²) in [5.41, 5.74) is 3.94. The first-order chi connectivity index (χ1) is 15.1. The minimum atomic E-state index is -1.14. The van der Waals surface area contributed by atoms with Crippen LogP contribution in [0.3, 0.4) is 0 Å². The van der Waals surface area contributed by atoms with E-state index in [9.17, 15) is 8.60 Å². The average molecular weight is 438 g/mol. The summed E-state index contributed by atoms with van der Waals surface area (Å²) in [7, 11) is -1.14. The molecule has 0 spiro atoms. The third-order valence-corrected chi connectivity index (χ3v) is 7.24. The molecule has 0 bridgehead atoms. The lowest BCUT2D eigenvalue weighted by Crippen LogP contribution is -2.47. The molecule has 31 heavy (non-hydrogen) atoms. The van der Waals surface area contributed by atoms with Crippen LogP contribution < -0.4 is 15.1 Å². The molecule has 0 saturated carbocycles. The van der Waals surface area contributed by atoms with Gasteiger partial charge in [-0.2, -0.15) is 4.98 Å². The van der Waals surface area contributed by atoms with Gasteiger partial charge in [0.05, 0.1) is 16.5 Å². The minimum Gasteiger partial charge on any atom is -0.368 e. The highest BCUT2D eigenvalue weighted by atomic mass is 32.2. The van der Waals surface area contributed by atoms with Crippen LogP contribution in [0.2, 0.25) is 0 Å². The van der Waals surface area contributed by atoms with E-state index in [4.69, 9.17) is 9.97 Å². The highest BCUT2D eigenvalue weighted by molar-refractivity contribution is 7.85. The number of aromatic nitrogens is 2. The maximum absolute atomic E-state index is 13.7. The van der Waals surface area contributed by atoms with Crippen molar-refractivity contribution in [2.75, 3.05) is 47.0 Å². The molecule has 2 aliphatic rings. The number of benzene rings is 2. The summed E-state index contributed by atoms with van der Waals surface area (Å²) in [4.78, 5) is 14.7. The van der Waals surface area contributed by atoms with Gasteiger partial charge in [-0.25, -0.2) is 9.37 Å². The summed E-state index contributed by atoms with van der Waals surface area (Å²) < 4.78 is 26.2. The molecular weight excluding hydrogens is 413 g/mol. The first-order valence-corrected chi connectivity index (χ1v) is 11.8. The number of nitrogens with zero attached hydrogens (tertiary/aromatic N) is 4. The Morgan fingerprint density at radius 3 is 2.55 bits per heavy atom. The zero-order chi connectivity index (χ0) is 21.4. The Morgan fingerprint density at radius 2 is 1.77 bits per heavy atom. The van der Waals surface area contributed by atoms with Crippen molar-refractivity contribution >= 4 is 33.9 Å². The number of aryl methyl sites for hydroxylation is 2. The molecule has 1 unspecified atom stereocenters. The lowest BCUT2D eigenvalue weighted by Gasteiger charge is -2.37. The number of hydrogen-bond donors (Lipinski definition) is 1. The highest BCUT2D eigenvalue weighted by Crippen LogP contribution is 2.32. The lowest BCUT2D eigenvalue weighted by molar-refractivity contribution is 0.628. The smallest absolute Gasteiger partial charge is 0.227 e. The predicted octanol–water partition coefficient (Wildman–Crippen LogP) is 3.66. The number of anilines is 4. The molecule has 6 nitrogen and oxygen atoms in total. The van der Waals surface area contributed by atoms with Crippen molar-refractivity contribution in [2.45, 2.75) is 18.2 Å². The Bertz CT molecular complexity index is 1150. The van der Waals surface area contributed by atoms with E-state index in [1.54, 1.807) is 12.1 Å². The Hall–Kier alpha value is -3.00. The van der Waals surface area contributed by atoms with Crippen LogP contribution in [-0.4, -0.2) is 46.1 Å². The van der Waals surface area contributed by atoms with Crippen LogP contribution in [0.25, 0.3) is 0 Å². The van der Waals surface area contributed by atoms with Gasteiger partial charge in [-0.15, -0.1) is 0 Å². The topological polar surface area (TPSA) is 61.4 Å². The van der Waals surface area contributed by atoms with Gasteiger partial charge < -0.3 is 15.1 Å². The summed E-state index contributed by atoms with van der Waals surface area (Å²) in [5, 5.41) is 3.18. The molecule has 2 aliphatic heterocycles. The maximum Gasteiger partial charge on any atom is 0.227 e. The first kappa shape index (κ1) is 19.9. The molecule has 1 aromatic heterocycles. The van der Waals surface area contributed by atoms with E-state index in [-0.39, 0.29) is 5.82 Å². The molecule has 5 rings (SSSR count). The van der Waals surface area contributed by atoms with Crippen molar-refractivity contribution < 1.29 is 8.60 Å². The number of nitrogens with one attached hydrogen (secondary N) is 1. The van der Waals surface area contributed by atoms with E-state index in [0.29, 0.717) is 34.5 Å². The number of hydrogen-bond acceptors (Lipinski definition) is 6. The maximum atomic E-state index is 13.7. The highest BCUT2D eigenvalue weighted by Gasteiger charge is 2.28. The number of rotatable bonds is 4. The minimum absolute atomic E-state index is 0.329. The van der Waals surface area contributed by atoms with Crippen LogP contribution in [-0.2, 0) is 17.2 Å². The van der Waals surface area contributed by atoms with E-state index in [2.05, 4.69) is 46.3 Å². The molecule has 1 saturated heterocycles. The number of fused-ring (bicyclic) bond motifs is 1. The van der Waals surface area contributed by atoms with Gasteiger partial charge in [0.15, 0.2) is 5.82 Å². The van der Waals surface area contributed by atoms with Crippen molar-refractivity contribution in [3.8, 4) is 0 Å². The molecule has 0 amide bonds. The van der Waals surface area contributed by atoms with Crippen molar-refractivity contribution in [1.82, 2.24) is 9.97 Å². The lowest BCUT2D eigenvalue weighted by atomic mass is 10.1. The SMILES string of the molecule is Cc1ccccc1N1CCN(c2nc3c(c(Nc4cccc(F)c4)n2)S(=O)CC3)CC1. The van der Waals surface area contributed by atoms with Gasteiger partial charge in [-0.3, -0.25) is 4.21 Å². The second-order valence-corrected chi connectivity index (χ2v) is 9.35. The second-order valence-electron chi connectivity index (χ2n) is 7.84. The van der Waals surface area contributed by atoms with Crippen LogP contribution in [0.1, 0.15) is 11.3 Å². The summed E-state index contributed by atoms with van der Waals surface area (Å²) in [5.74, 6) is 1.37. The van der Waals surface area contributed by atoms with E-state index >= 15 is 0 Å². The molecule has 160 valence electrons. The molecule has 8 heteroatoms. The largest absolute Gasteiger partial charge is 0.368 e. The van der Waals surface area contributed by atoms with Crippen LogP contribution >= 0.6 is 0 Å².